The smallest absolute Gasteiger partial charge is 0.333 e. The molecule has 3 N–H and O–H groups in total. The molecule has 0 aliphatic rings. The van der Waals surface area contributed by atoms with Gasteiger partial charge in [-0.05, 0) is 26.8 Å². The number of aryl methyl sites for hydroxylation is 1. The summed E-state index contributed by atoms with van der Waals surface area (Å²) in [7, 11) is 0. The minimum atomic E-state index is -0.330. The van der Waals surface area contributed by atoms with Crippen LogP contribution in [0.4, 0.5) is 9.93 Å². The number of nitrogens with two attached hydrogens (primary N) is 1. The number of allylic oxidation sites excluding steroid dienone is 2. The molecule has 0 aromatic carbocycles. The van der Waals surface area contributed by atoms with Crippen molar-refractivity contribution < 1.29 is 4.79 Å². The van der Waals surface area contributed by atoms with Crippen LogP contribution >= 0.6 is 11.3 Å². The van der Waals surface area contributed by atoms with E-state index >= 15 is 0 Å². The Morgan fingerprint density at radius 3 is 2.81 bits per heavy atom. The van der Waals surface area contributed by atoms with Crippen molar-refractivity contribution in [2.45, 2.75) is 20.8 Å². The zero-order chi connectivity index (χ0) is 19.1. The van der Waals surface area contributed by atoms with Crippen molar-refractivity contribution >= 4 is 34.2 Å². The Labute approximate surface area is 156 Å². The van der Waals surface area contributed by atoms with E-state index in [2.05, 4.69) is 26.9 Å². The molecule has 0 saturated carbocycles. The van der Waals surface area contributed by atoms with Crippen molar-refractivity contribution in [1.29, 1.82) is 0 Å². The molecule has 0 aliphatic carbocycles. The van der Waals surface area contributed by atoms with E-state index in [0.29, 0.717) is 16.8 Å². The van der Waals surface area contributed by atoms with Crippen molar-refractivity contribution in [2.24, 2.45) is 10.7 Å². The molecule has 8 nitrogen and oxygen atoms in total. The Balaban J connectivity index is 2.29. The Morgan fingerprint density at radius 2 is 2.23 bits per heavy atom. The molecule has 2 aromatic heterocycles. The van der Waals surface area contributed by atoms with Gasteiger partial charge in [0, 0.05) is 25.5 Å². The van der Waals surface area contributed by atoms with Crippen LogP contribution in [0.2, 0.25) is 0 Å². The standard InChI is InChI=1S/C17H23N7OS/c1-5-8-13(21-15(18)23(6-2)7-3)14-12(4)20-16(26-14)22-17(25)24-10-9-19-11-24/h5,8-11H,1,6-7H2,2-4H3,(H2,18,21)(H,20,22,25)/b13-8-. The number of amides is 1. The fourth-order valence-electron chi connectivity index (χ4n) is 2.24. The van der Waals surface area contributed by atoms with Crippen LogP contribution < -0.4 is 11.1 Å². The van der Waals surface area contributed by atoms with Gasteiger partial charge < -0.3 is 10.6 Å². The molecule has 9 heteroatoms. The second-order valence-corrected chi connectivity index (χ2v) is 6.26. The first-order chi connectivity index (χ1) is 12.5. The minimum absolute atomic E-state index is 0.330. The van der Waals surface area contributed by atoms with Crippen LogP contribution in [-0.4, -0.2) is 44.5 Å². The van der Waals surface area contributed by atoms with Crippen LogP contribution in [0.5, 0.6) is 0 Å². The Morgan fingerprint density at radius 1 is 1.50 bits per heavy atom. The molecule has 26 heavy (non-hydrogen) atoms. The number of aromatic nitrogens is 3. The summed E-state index contributed by atoms with van der Waals surface area (Å²) >= 11 is 1.33. The Kier molecular flexibility index (Phi) is 6.67. The van der Waals surface area contributed by atoms with Crippen molar-refractivity contribution in [3.63, 3.8) is 0 Å². The number of anilines is 1. The number of hydrogen-bond acceptors (Lipinski definition) is 5. The lowest BCUT2D eigenvalue weighted by atomic mass is 10.3. The summed E-state index contributed by atoms with van der Waals surface area (Å²) < 4.78 is 1.34. The minimum Gasteiger partial charge on any atom is -0.369 e. The van der Waals surface area contributed by atoms with Crippen molar-refractivity contribution in [1.82, 2.24) is 19.4 Å². The first kappa shape index (κ1) is 19.4. The molecule has 1 amide bonds. The molecule has 0 atom stereocenters. The topological polar surface area (TPSA) is 101 Å². The van der Waals surface area contributed by atoms with Gasteiger partial charge in [-0.15, -0.1) is 0 Å². The average molecular weight is 373 g/mol. The molecule has 2 aromatic rings. The van der Waals surface area contributed by atoms with Gasteiger partial charge in [-0.1, -0.05) is 24.0 Å². The lowest BCUT2D eigenvalue weighted by Crippen LogP contribution is -2.36. The third-order valence-corrected chi connectivity index (χ3v) is 4.68. The number of nitrogens with zero attached hydrogens (tertiary/aromatic N) is 5. The molecule has 2 heterocycles. The first-order valence-electron chi connectivity index (χ1n) is 8.19. The van der Waals surface area contributed by atoms with Gasteiger partial charge in [-0.25, -0.2) is 19.8 Å². The zero-order valence-corrected chi connectivity index (χ0v) is 16.0. The third-order valence-electron chi connectivity index (χ3n) is 3.58. The number of carbonyl (C=O) groups is 1. The number of imidazole rings is 1. The molecule has 0 radical (unpaired) electrons. The largest absolute Gasteiger partial charge is 0.369 e. The molecular weight excluding hydrogens is 350 g/mol. The summed E-state index contributed by atoms with van der Waals surface area (Å²) in [4.78, 5) is 27.7. The number of carbonyl (C=O) groups excluding carboxylic acids is 1. The van der Waals surface area contributed by atoms with Crippen molar-refractivity contribution in [3.8, 4) is 0 Å². The van der Waals surface area contributed by atoms with Crippen LogP contribution in [0, 0.1) is 6.92 Å². The number of aliphatic imine (C=N–C) groups is 1. The molecule has 0 fully saturated rings. The van der Waals surface area contributed by atoms with Crippen LogP contribution in [0.1, 0.15) is 24.4 Å². The number of guanidine groups is 1. The molecule has 0 bridgehead atoms. The second-order valence-electron chi connectivity index (χ2n) is 5.26. The Hall–Kier alpha value is -2.94. The van der Waals surface area contributed by atoms with Gasteiger partial charge in [-0.2, -0.15) is 0 Å². The summed E-state index contributed by atoms with van der Waals surface area (Å²) in [6.07, 6.45) is 7.95. The highest BCUT2D eigenvalue weighted by molar-refractivity contribution is 7.17. The molecular formula is C17H23N7OS. The quantitative estimate of drug-likeness (QED) is 0.460. The van der Waals surface area contributed by atoms with Crippen LogP contribution in [0.15, 0.2) is 42.4 Å². The van der Waals surface area contributed by atoms with Gasteiger partial charge in [0.05, 0.1) is 16.3 Å². The first-order valence-corrected chi connectivity index (χ1v) is 9.00. The van der Waals surface area contributed by atoms with Gasteiger partial charge in [0.2, 0.25) is 0 Å². The van der Waals surface area contributed by atoms with Gasteiger partial charge in [0.25, 0.3) is 0 Å². The van der Waals surface area contributed by atoms with Gasteiger partial charge >= 0.3 is 6.03 Å². The summed E-state index contributed by atoms with van der Waals surface area (Å²) in [5, 5.41) is 3.22. The lowest BCUT2D eigenvalue weighted by molar-refractivity contribution is 0.253. The second kappa shape index (κ2) is 8.95. The van der Waals surface area contributed by atoms with Crippen LogP contribution in [-0.2, 0) is 0 Å². The number of nitrogens with one attached hydrogen (secondary N) is 1. The number of hydrogen-bond donors (Lipinski definition) is 2. The van der Waals surface area contributed by atoms with E-state index in [4.69, 9.17) is 5.73 Å². The van der Waals surface area contributed by atoms with E-state index in [1.807, 2.05) is 25.7 Å². The number of thiazole rings is 1. The van der Waals surface area contributed by atoms with E-state index in [-0.39, 0.29) is 6.03 Å². The summed E-state index contributed by atoms with van der Waals surface area (Å²) in [6, 6.07) is -0.330. The van der Waals surface area contributed by atoms with E-state index in [9.17, 15) is 4.79 Å². The fourth-order valence-corrected chi connectivity index (χ4v) is 3.17. The highest BCUT2D eigenvalue weighted by Crippen LogP contribution is 2.30. The predicted octanol–water partition coefficient (Wildman–Crippen LogP) is 2.91. The summed E-state index contributed by atoms with van der Waals surface area (Å²) in [5.74, 6) is 0.430. The van der Waals surface area contributed by atoms with Crippen LogP contribution in [0.3, 0.4) is 0 Å². The fraction of sp³-hybridized carbons (Fsp3) is 0.294. The maximum Gasteiger partial charge on any atom is 0.333 e. The van der Waals surface area contributed by atoms with Crippen LogP contribution in [0.25, 0.3) is 5.70 Å². The lowest BCUT2D eigenvalue weighted by Gasteiger charge is -2.19. The molecule has 2 rings (SSSR count). The molecule has 0 unspecified atom stereocenters. The average Bonchev–Trinajstić information content (AvgIpc) is 3.25. The molecule has 0 saturated heterocycles. The van der Waals surface area contributed by atoms with E-state index in [1.54, 1.807) is 18.3 Å². The SMILES string of the molecule is C=C/C=C(\N=C(N)N(CC)CC)c1sc(NC(=O)n2ccnc2)nc1C. The molecule has 138 valence electrons. The molecule has 0 spiro atoms. The highest BCUT2D eigenvalue weighted by atomic mass is 32.1. The Bertz CT molecular complexity index is 816. The normalized spacial score (nSPS) is 12.1. The third kappa shape index (κ3) is 4.57. The van der Waals surface area contributed by atoms with E-state index < -0.39 is 0 Å². The molecule has 0 aliphatic heterocycles. The number of rotatable bonds is 6. The van der Waals surface area contributed by atoms with Gasteiger partial charge in [0.15, 0.2) is 11.1 Å². The summed E-state index contributed by atoms with van der Waals surface area (Å²) in [5.41, 5.74) is 7.52. The van der Waals surface area contributed by atoms with Gasteiger partial charge in [-0.3, -0.25) is 9.88 Å². The summed E-state index contributed by atoms with van der Waals surface area (Å²) in [6.45, 7) is 11.2. The maximum atomic E-state index is 12.1. The van der Waals surface area contributed by atoms with Gasteiger partial charge in [0.1, 0.15) is 6.33 Å². The van der Waals surface area contributed by atoms with Crippen molar-refractivity contribution in [2.75, 3.05) is 18.4 Å². The predicted molar refractivity (Wildman–Crippen MR) is 106 cm³/mol. The monoisotopic (exact) mass is 373 g/mol. The van der Waals surface area contributed by atoms with E-state index in [0.717, 1.165) is 23.7 Å². The van der Waals surface area contributed by atoms with E-state index in [1.165, 1.54) is 28.4 Å². The highest BCUT2D eigenvalue weighted by Gasteiger charge is 2.15. The zero-order valence-electron chi connectivity index (χ0n) is 15.1. The maximum absolute atomic E-state index is 12.1. The van der Waals surface area contributed by atoms with Crippen molar-refractivity contribution in [3.05, 3.63) is 48.0 Å².